The van der Waals surface area contributed by atoms with Gasteiger partial charge in [-0.1, -0.05) is 18.2 Å². The summed E-state index contributed by atoms with van der Waals surface area (Å²) >= 11 is 0. The minimum absolute atomic E-state index is 0.0695. The highest BCUT2D eigenvalue weighted by Crippen LogP contribution is 2.20. The molecule has 0 fully saturated rings. The lowest BCUT2D eigenvalue weighted by molar-refractivity contribution is -0.141. The summed E-state index contributed by atoms with van der Waals surface area (Å²) in [5.74, 6) is -1.22. The molecule has 1 amide bonds. The maximum Gasteiger partial charge on any atom is 0.308 e. The van der Waals surface area contributed by atoms with E-state index in [4.69, 9.17) is 9.47 Å². The van der Waals surface area contributed by atoms with E-state index in [2.05, 4.69) is 5.32 Å². The second-order valence-electron chi connectivity index (χ2n) is 5.52. The van der Waals surface area contributed by atoms with E-state index >= 15 is 0 Å². The predicted octanol–water partition coefficient (Wildman–Crippen LogP) is 1.87. The van der Waals surface area contributed by atoms with Gasteiger partial charge in [0.15, 0.2) is 0 Å². The number of aliphatic carboxylic acids is 1. The summed E-state index contributed by atoms with van der Waals surface area (Å²) in [6.07, 6.45) is 0.585. The number of hydrogen-bond donors (Lipinski definition) is 2. The van der Waals surface area contributed by atoms with Crippen LogP contribution in [0.3, 0.4) is 0 Å². The summed E-state index contributed by atoms with van der Waals surface area (Å²) in [7, 11) is 1.55. The molecule has 0 aliphatic heterocycles. The molecule has 1 aromatic carbocycles. The van der Waals surface area contributed by atoms with Gasteiger partial charge in [-0.25, -0.2) is 0 Å². The molecule has 6 heteroatoms. The van der Waals surface area contributed by atoms with E-state index in [1.807, 2.05) is 32.0 Å². The first kappa shape index (κ1) is 19.0. The Balaban J connectivity index is 2.52. The molecular weight excluding hydrogens is 298 g/mol. The van der Waals surface area contributed by atoms with Crippen molar-refractivity contribution in [1.29, 1.82) is 0 Å². The van der Waals surface area contributed by atoms with Crippen molar-refractivity contribution in [2.24, 2.45) is 5.92 Å². The van der Waals surface area contributed by atoms with E-state index < -0.39 is 11.9 Å². The van der Waals surface area contributed by atoms with Crippen molar-refractivity contribution in [3.8, 4) is 5.75 Å². The Bertz CT molecular complexity index is 515. The van der Waals surface area contributed by atoms with Gasteiger partial charge in [-0.3, -0.25) is 9.59 Å². The highest BCUT2D eigenvalue weighted by molar-refractivity contribution is 5.77. The van der Waals surface area contributed by atoms with Gasteiger partial charge in [-0.05, 0) is 31.9 Å². The standard InChI is InChI=1S/C17H25NO5/c1-12(2)23-9-8-16(19)18-11-14(17(20)21)10-13-6-4-5-7-15(13)22-3/h4-7,12,14H,8-11H2,1-3H3,(H,18,19)(H,20,21). The molecule has 128 valence electrons. The first-order chi connectivity index (χ1) is 10.9. The van der Waals surface area contributed by atoms with E-state index in [1.54, 1.807) is 13.2 Å². The number of amides is 1. The average molecular weight is 323 g/mol. The molecule has 0 heterocycles. The Morgan fingerprint density at radius 3 is 2.57 bits per heavy atom. The highest BCUT2D eigenvalue weighted by Gasteiger charge is 2.20. The van der Waals surface area contributed by atoms with Crippen molar-refractivity contribution in [3.63, 3.8) is 0 Å². The van der Waals surface area contributed by atoms with Crippen LogP contribution in [0.1, 0.15) is 25.8 Å². The molecule has 2 N–H and O–H groups in total. The molecule has 1 rings (SSSR count). The Hall–Kier alpha value is -2.08. The predicted molar refractivity (Wildman–Crippen MR) is 86.5 cm³/mol. The quantitative estimate of drug-likeness (QED) is 0.686. The van der Waals surface area contributed by atoms with Crippen molar-refractivity contribution in [1.82, 2.24) is 5.32 Å². The third-order valence-corrected chi connectivity index (χ3v) is 3.33. The molecule has 0 spiro atoms. The van der Waals surface area contributed by atoms with E-state index in [1.165, 1.54) is 0 Å². The number of carbonyl (C=O) groups excluding carboxylic acids is 1. The largest absolute Gasteiger partial charge is 0.496 e. The minimum atomic E-state index is -0.949. The summed E-state index contributed by atoms with van der Waals surface area (Å²) in [4.78, 5) is 23.1. The van der Waals surface area contributed by atoms with Crippen LogP contribution in [0.4, 0.5) is 0 Å². The van der Waals surface area contributed by atoms with Crippen LogP contribution in [0, 0.1) is 5.92 Å². The molecule has 0 aliphatic rings. The number of benzene rings is 1. The van der Waals surface area contributed by atoms with Gasteiger partial charge in [0.05, 0.1) is 25.7 Å². The van der Waals surface area contributed by atoms with Crippen LogP contribution in [0.5, 0.6) is 5.75 Å². The number of carbonyl (C=O) groups is 2. The van der Waals surface area contributed by atoms with E-state index in [9.17, 15) is 14.7 Å². The second-order valence-corrected chi connectivity index (χ2v) is 5.52. The molecule has 1 atom stereocenters. The molecule has 0 bridgehead atoms. The summed E-state index contributed by atoms with van der Waals surface area (Å²) in [5.41, 5.74) is 0.805. The third kappa shape index (κ3) is 7.15. The zero-order valence-corrected chi connectivity index (χ0v) is 13.9. The number of ether oxygens (including phenoxy) is 2. The van der Waals surface area contributed by atoms with Crippen LogP contribution in [0.2, 0.25) is 0 Å². The fraction of sp³-hybridized carbons (Fsp3) is 0.529. The van der Waals surface area contributed by atoms with Gasteiger partial charge < -0.3 is 19.9 Å². The number of methoxy groups -OCH3 is 1. The number of carboxylic acids is 1. The Morgan fingerprint density at radius 2 is 1.96 bits per heavy atom. The smallest absolute Gasteiger partial charge is 0.308 e. The number of hydrogen-bond acceptors (Lipinski definition) is 4. The fourth-order valence-electron chi connectivity index (χ4n) is 2.10. The molecule has 1 unspecified atom stereocenters. The Labute approximate surface area is 136 Å². The number of carboxylic acid groups (broad SMARTS) is 1. The molecular formula is C17H25NO5. The summed E-state index contributed by atoms with van der Waals surface area (Å²) in [6, 6.07) is 7.27. The van der Waals surface area contributed by atoms with Gasteiger partial charge >= 0.3 is 5.97 Å². The number of nitrogens with one attached hydrogen (secondary N) is 1. The Morgan fingerprint density at radius 1 is 1.26 bits per heavy atom. The third-order valence-electron chi connectivity index (χ3n) is 3.33. The van der Waals surface area contributed by atoms with Gasteiger partial charge in [0.2, 0.25) is 5.91 Å². The van der Waals surface area contributed by atoms with Gasteiger partial charge in [-0.15, -0.1) is 0 Å². The first-order valence-corrected chi connectivity index (χ1v) is 7.67. The van der Waals surface area contributed by atoms with E-state index in [0.29, 0.717) is 18.8 Å². The van der Waals surface area contributed by atoms with Crippen LogP contribution in [-0.4, -0.2) is 43.3 Å². The topological polar surface area (TPSA) is 84.9 Å². The van der Waals surface area contributed by atoms with Crippen molar-refractivity contribution in [2.45, 2.75) is 32.8 Å². The van der Waals surface area contributed by atoms with Crippen LogP contribution < -0.4 is 10.1 Å². The van der Waals surface area contributed by atoms with Gasteiger partial charge in [-0.2, -0.15) is 0 Å². The summed E-state index contributed by atoms with van der Waals surface area (Å²) in [5, 5.41) is 12.0. The van der Waals surface area contributed by atoms with Crippen molar-refractivity contribution in [3.05, 3.63) is 29.8 Å². The van der Waals surface area contributed by atoms with Crippen LogP contribution in [-0.2, 0) is 20.7 Å². The van der Waals surface area contributed by atoms with E-state index in [-0.39, 0.29) is 25.0 Å². The van der Waals surface area contributed by atoms with Gasteiger partial charge in [0.1, 0.15) is 5.75 Å². The van der Waals surface area contributed by atoms with E-state index in [0.717, 1.165) is 5.56 Å². The maximum absolute atomic E-state index is 11.7. The lowest BCUT2D eigenvalue weighted by Crippen LogP contribution is -2.34. The molecule has 0 radical (unpaired) electrons. The molecule has 0 aliphatic carbocycles. The van der Waals surface area contributed by atoms with Crippen molar-refractivity contribution < 1.29 is 24.2 Å². The summed E-state index contributed by atoms with van der Waals surface area (Å²) in [6.45, 7) is 4.19. The zero-order valence-electron chi connectivity index (χ0n) is 13.9. The number of para-hydroxylation sites is 1. The Kier molecular flexibility index (Phi) is 8.11. The lowest BCUT2D eigenvalue weighted by Gasteiger charge is -2.15. The van der Waals surface area contributed by atoms with Gasteiger partial charge in [0.25, 0.3) is 0 Å². The maximum atomic E-state index is 11.7. The molecule has 6 nitrogen and oxygen atoms in total. The zero-order chi connectivity index (χ0) is 17.2. The minimum Gasteiger partial charge on any atom is -0.496 e. The summed E-state index contributed by atoms with van der Waals surface area (Å²) < 4.78 is 10.5. The molecule has 0 saturated heterocycles. The monoisotopic (exact) mass is 323 g/mol. The van der Waals surface area contributed by atoms with Crippen molar-refractivity contribution >= 4 is 11.9 Å². The molecule has 1 aromatic rings. The normalized spacial score (nSPS) is 12.0. The van der Waals surface area contributed by atoms with Crippen molar-refractivity contribution in [2.75, 3.05) is 20.3 Å². The highest BCUT2D eigenvalue weighted by atomic mass is 16.5. The number of rotatable bonds is 10. The fourth-order valence-corrected chi connectivity index (χ4v) is 2.10. The average Bonchev–Trinajstić information content (AvgIpc) is 2.51. The lowest BCUT2D eigenvalue weighted by atomic mass is 9.98. The molecule has 0 aromatic heterocycles. The first-order valence-electron chi connectivity index (χ1n) is 7.67. The SMILES string of the molecule is COc1ccccc1CC(CNC(=O)CCOC(C)C)C(=O)O. The molecule has 23 heavy (non-hydrogen) atoms. The van der Waals surface area contributed by atoms with Crippen LogP contribution in [0.15, 0.2) is 24.3 Å². The van der Waals surface area contributed by atoms with Gasteiger partial charge in [0, 0.05) is 13.0 Å². The molecule has 0 saturated carbocycles. The van der Waals surface area contributed by atoms with Crippen LogP contribution >= 0.6 is 0 Å². The van der Waals surface area contributed by atoms with Crippen LogP contribution in [0.25, 0.3) is 0 Å². The second kappa shape index (κ2) is 9.84.